The fourth-order valence-corrected chi connectivity index (χ4v) is 3.95. The molecule has 0 spiro atoms. The van der Waals surface area contributed by atoms with E-state index in [1.54, 1.807) is 0 Å². The van der Waals surface area contributed by atoms with Crippen LogP contribution in [0.5, 0.6) is 0 Å². The summed E-state index contributed by atoms with van der Waals surface area (Å²) in [5, 5.41) is 6.81. The molecular formula is C15H27N3O. The first-order chi connectivity index (χ1) is 9.33. The lowest BCUT2D eigenvalue weighted by atomic mass is 9.89. The molecule has 2 amide bonds. The Morgan fingerprint density at radius 1 is 1.00 bits per heavy atom. The molecule has 0 aromatic carbocycles. The van der Waals surface area contributed by atoms with Gasteiger partial charge in [-0.05, 0) is 51.0 Å². The predicted molar refractivity (Wildman–Crippen MR) is 76.1 cm³/mol. The lowest BCUT2D eigenvalue weighted by Crippen LogP contribution is -2.49. The molecule has 3 rings (SSSR count). The summed E-state index contributed by atoms with van der Waals surface area (Å²) in [5.74, 6) is 0.790. The smallest absolute Gasteiger partial charge is 0.317 e. The highest BCUT2D eigenvalue weighted by molar-refractivity contribution is 5.74. The van der Waals surface area contributed by atoms with Crippen LogP contribution in [0.1, 0.15) is 51.4 Å². The van der Waals surface area contributed by atoms with Gasteiger partial charge in [0.15, 0.2) is 0 Å². The molecule has 0 bridgehead atoms. The summed E-state index contributed by atoms with van der Waals surface area (Å²) in [7, 11) is 0. The number of piperidine rings is 1. The quantitative estimate of drug-likeness (QED) is 0.803. The third-order valence-corrected chi connectivity index (χ3v) is 5.18. The van der Waals surface area contributed by atoms with Gasteiger partial charge < -0.3 is 15.5 Å². The average molecular weight is 265 g/mol. The highest BCUT2D eigenvalue weighted by atomic mass is 16.2. The molecule has 4 heteroatoms. The number of urea groups is 1. The summed E-state index contributed by atoms with van der Waals surface area (Å²) in [5.41, 5.74) is 0. The Hall–Kier alpha value is -0.770. The first-order valence-electron chi connectivity index (χ1n) is 8.12. The van der Waals surface area contributed by atoms with Gasteiger partial charge in [0.25, 0.3) is 0 Å². The fourth-order valence-electron chi connectivity index (χ4n) is 3.95. The molecule has 1 atom stereocenters. The minimum atomic E-state index is 0.185. The second-order valence-corrected chi connectivity index (χ2v) is 6.46. The molecule has 3 aliphatic rings. The van der Waals surface area contributed by atoms with Crippen molar-refractivity contribution in [2.45, 2.75) is 63.5 Å². The van der Waals surface area contributed by atoms with Gasteiger partial charge in [0.2, 0.25) is 0 Å². The van der Waals surface area contributed by atoms with Crippen molar-refractivity contribution in [3.63, 3.8) is 0 Å². The van der Waals surface area contributed by atoms with Gasteiger partial charge in [-0.3, -0.25) is 0 Å². The first-order valence-corrected chi connectivity index (χ1v) is 8.12. The van der Waals surface area contributed by atoms with Crippen LogP contribution in [0.25, 0.3) is 0 Å². The molecule has 0 aromatic heterocycles. The van der Waals surface area contributed by atoms with E-state index in [0.717, 1.165) is 25.0 Å². The van der Waals surface area contributed by atoms with Crippen molar-refractivity contribution in [2.24, 2.45) is 5.92 Å². The maximum absolute atomic E-state index is 12.2. The first kappa shape index (κ1) is 13.2. The van der Waals surface area contributed by atoms with E-state index in [1.165, 1.54) is 57.9 Å². The Morgan fingerprint density at radius 3 is 2.37 bits per heavy atom. The molecule has 2 aliphatic heterocycles. The molecule has 2 saturated heterocycles. The maximum Gasteiger partial charge on any atom is 0.317 e. The van der Waals surface area contributed by atoms with E-state index < -0.39 is 0 Å². The van der Waals surface area contributed by atoms with Gasteiger partial charge in [0.05, 0.1) is 0 Å². The second-order valence-electron chi connectivity index (χ2n) is 6.46. The largest absolute Gasteiger partial charge is 0.335 e. The molecule has 2 heterocycles. The number of carbonyl (C=O) groups excluding carboxylic acids is 1. The van der Waals surface area contributed by atoms with Crippen LogP contribution in [0.3, 0.4) is 0 Å². The third-order valence-electron chi connectivity index (χ3n) is 5.18. The zero-order chi connectivity index (χ0) is 13.1. The number of amides is 2. The molecule has 2 N–H and O–H groups in total. The van der Waals surface area contributed by atoms with Gasteiger partial charge in [-0.15, -0.1) is 0 Å². The fraction of sp³-hybridized carbons (Fsp3) is 0.933. The highest BCUT2D eigenvalue weighted by Gasteiger charge is 2.30. The van der Waals surface area contributed by atoms with E-state index in [9.17, 15) is 4.79 Å². The van der Waals surface area contributed by atoms with Crippen LogP contribution in [0.15, 0.2) is 0 Å². The lowest BCUT2D eigenvalue weighted by Gasteiger charge is -2.35. The molecule has 4 nitrogen and oxygen atoms in total. The Labute approximate surface area is 116 Å². The van der Waals surface area contributed by atoms with Gasteiger partial charge in [-0.2, -0.15) is 0 Å². The van der Waals surface area contributed by atoms with Gasteiger partial charge in [0.1, 0.15) is 0 Å². The van der Waals surface area contributed by atoms with Crippen molar-refractivity contribution in [3.8, 4) is 0 Å². The minimum Gasteiger partial charge on any atom is -0.335 e. The molecule has 0 aromatic rings. The van der Waals surface area contributed by atoms with Crippen LogP contribution < -0.4 is 10.6 Å². The predicted octanol–water partition coefficient (Wildman–Crippen LogP) is 2.10. The van der Waals surface area contributed by atoms with Crippen molar-refractivity contribution in [2.75, 3.05) is 19.6 Å². The Morgan fingerprint density at radius 2 is 1.74 bits per heavy atom. The van der Waals surface area contributed by atoms with Gasteiger partial charge in [-0.1, -0.05) is 12.8 Å². The summed E-state index contributed by atoms with van der Waals surface area (Å²) >= 11 is 0. The van der Waals surface area contributed by atoms with E-state index in [0.29, 0.717) is 6.04 Å². The molecule has 1 saturated carbocycles. The zero-order valence-electron chi connectivity index (χ0n) is 11.9. The number of likely N-dealkylation sites (tertiary alicyclic amines) is 1. The normalized spacial score (nSPS) is 29.9. The Bertz CT molecular complexity index is 301. The standard InChI is InChI=1S/C15H27N3O/c19-15(17-13-4-1-2-5-13)18-10-7-12(8-11-18)14-6-3-9-16-14/h12-14,16H,1-11H2,(H,17,19). The summed E-state index contributed by atoms with van der Waals surface area (Å²) in [6, 6.07) is 1.35. The van der Waals surface area contributed by atoms with Crippen molar-refractivity contribution in [1.82, 2.24) is 15.5 Å². The average Bonchev–Trinajstić information content (AvgIpc) is 3.12. The van der Waals surface area contributed by atoms with Crippen LogP contribution in [0.4, 0.5) is 4.79 Å². The summed E-state index contributed by atoms with van der Waals surface area (Å²) in [6.45, 7) is 3.08. The number of hydrogen-bond acceptors (Lipinski definition) is 2. The summed E-state index contributed by atoms with van der Waals surface area (Å²) < 4.78 is 0. The van der Waals surface area contributed by atoms with Crippen molar-refractivity contribution >= 4 is 6.03 Å². The van der Waals surface area contributed by atoms with E-state index >= 15 is 0 Å². The molecular weight excluding hydrogens is 238 g/mol. The summed E-state index contributed by atoms with van der Waals surface area (Å²) in [6.07, 6.45) is 9.92. The van der Waals surface area contributed by atoms with E-state index in [1.807, 2.05) is 4.90 Å². The maximum atomic E-state index is 12.2. The number of nitrogens with one attached hydrogen (secondary N) is 2. The molecule has 19 heavy (non-hydrogen) atoms. The number of rotatable bonds is 2. The highest BCUT2D eigenvalue weighted by Crippen LogP contribution is 2.26. The van der Waals surface area contributed by atoms with Crippen molar-refractivity contribution < 1.29 is 4.79 Å². The lowest BCUT2D eigenvalue weighted by molar-refractivity contribution is 0.157. The van der Waals surface area contributed by atoms with E-state index in [2.05, 4.69) is 10.6 Å². The second kappa shape index (κ2) is 6.12. The third kappa shape index (κ3) is 3.22. The number of carbonyl (C=O) groups is 1. The molecule has 108 valence electrons. The van der Waals surface area contributed by atoms with Gasteiger partial charge >= 0.3 is 6.03 Å². The van der Waals surface area contributed by atoms with Gasteiger partial charge in [0, 0.05) is 25.2 Å². The molecule has 3 fully saturated rings. The minimum absolute atomic E-state index is 0.185. The molecule has 1 aliphatic carbocycles. The van der Waals surface area contributed by atoms with Crippen LogP contribution in [-0.2, 0) is 0 Å². The molecule has 1 unspecified atom stereocenters. The van der Waals surface area contributed by atoms with Crippen molar-refractivity contribution in [1.29, 1.82) is 0 Å². The van der Waals surface area contributed by atoms with E-state index in [-0.39, 0.29) is 6.03 Å². The molecule has 0 radical (unpaired) electrons. The Kier molecular flexibility index (Phi) is 4.26. The number of hydrogen-bond donors (Lipinski definition) is 2. The van der Waals surface area contributed by atoms with E-state index in [4.69, 9.17) is 0 Å². The Balaban J connectivity index is 1.42. The van der Waals surface area contributed by atoms with Crippen LogP contribution in [0.2, 0.25) is 0 Å². The summed E-state index contributed by atoms with van der Waals surface area (Å²) in [4.78, 5) is 14.2. The monoisotopic (exact) mass is 265 g/mol. The van der Waals surface area contributed by atoms with Crippen molar-refractivity contribution in [3.05, 3.63) is 0 Å². The number of nitrogens with zero attached hydrogens (tertiary/aromatic N) is 1. The van der Waals surface area contributed by atoms with Crippen LogP contribution in [0, 0.1) is 5.92 Å². The zero-order valence-corrected chi connectivity index (χ0v) is 11.9. The van der Waals surface area contributed by atoms with Crippen LogP contribution in [-0.4, -0.2) is 42.6 Å². The topological polar surface area (TPSA) is 44.4 Å². The SMILES string of the molecule is O=C(NC1CCCC1)N1CCC(C2CCCN2)CC1. The van der Waals surface area contributed by atoms with Crippen LogP contribution >= 0.6 is 0 Å². The van der Waals surface area contributed by atoms with Gasteiger partial charge in [-0.25, -0.2) is 4.79 Å².